The summed E-state index contributed by atoms with van der Waals surface area (Å²) in [4.78, 5) is 5.05. The molecule has 1 heterocycles. The molecule has 0 unspecified atom stereocenters. The number of furan rings is 1. The third kappa shape index (κ3) is 3.91. The van der Waals surface area contributed by atoms with Crippen molar-refractivity contribution in [2.24, 2.45) is 0 Å². The van der Waals surface area contributed by atoms with Crippen molar-refractivity contribution in [1.29, 1.82) is 0 Å². The van der Waals surface area contributed by atoms with Gasteiger partial charge in [0, 0.05) is 7.11 Å². The molecule has 0 aliphatic carbocycles. The van der Waals surface area contributed by atoms with Crippen LogP contribution >= 0.6 is 15.9 Å². The molecule has 74 valence electrons. The van der Waals surface area contributed by atoms with Gasteiger partial charge in [0.15, 0.2) is 0 Å². The second-order valence-electron chi connectivity index (χ2n) is 2.35. The Labute approximate surface area is 85.3 Å². The summed E-state index contributed by atoms with van der Waals surface area (Å²) >= 11 is 3.34. The molecule has 0 amide bonds. The largest absolute Gasteiger partial charge is 0.467 e. The number of halogens is 1. The Kier molecular flexibility index (Phi) is 5.07. The number of methoxy groups -OCH3 is 1. The summed E-state index contributed by atoms with van der Waals surface area (Å²) in [5.41, 5.74) is 2.76. The Morgan fingerprint density at radius 1 is 1.54 bits per heavy atom. The zero-order valence-corrected chi connectivity index (χ0v) is 8.96. The maximum absolute atomic E-state index is 5.15. The van der Waals surface area contributed by atoms with Crippen LogP contribution in [-0.2, 0) is 16.1 Å². The Hall–Kier alpha value is -0.360. The van der Waals surface area contributed by atoms with Crippen LogP contribution in [0, 0.1) is 0 Å². The molecule has 0 aliphatic heterocycles. The fourth-order valence-corrected chi connectivity index (χ4v) is 1.11. The molecule has 0 aromatic carbocycles. The van der Waals surface area contributed by atoms with E-state index in [-0.39, 0.29) is 0 Å². The van der Waals surface area contributed by atoms with Gasteiger partial charge in [-0.05, 0) is 22.0 Å². The molecule has 1 rings (SSSR count). The third-order valence-corrected chi connectivity index (χ3v) is 2.12. The maximum atomic E-state index is 5.15. The Balaban J connectivity index is 2.10. The molecule has 1 aromatic heterocycles. The number of ether oxygens (including phenoxy) is 1. The fraction of sp³-hybridized carbons (Fsp3) is 0.500. The van der Waals surface area contributed by atoms with Crippen molar-refractivity contribution in [3.8, 4) is 0 Å². The first kappa shape index (κ1) is 10.7. The molecule has 0 saturated heterocycles. The molecule has 5 heteroatoms. The van der Waals surface area contributed by atoms with E-state index >= 15 is 0 Å². The number of hydroxylamine groups is 1. The minimum Gasteiger partial charge on any atom is -0.467 e. The first-order valence-electron chi connectivity index (χ1n) is 3.90. The van der Waals surface area contributed by atoms with Crippen molar-refractivity contribution in [2.75, 3.05) is 20.3 Å². The predicted octanol–water partition coefficient (Wildman–Crippen LogP) is 1.71. The van der Waals surface area contributed by atoms with Crippen molar-refractivity contribution >= 4 is 15.9 Å². The molecule has 4 nitrogen and oxygen atoms in total. The van der Waals surface area contributed by atoms with Crippen LogP contribution in [0.4, 0.5) is 0 Å². The Morgan fingerprint density at radius 2 is 2.38 bits per heavy atom. The van der Waals surface area contributed by atoms with Gasteiger partial charge in [-0.25, -0.2) is 0 Å². The highest BCUT2D eigenvalue weighted by Gasteiger charge is 2.01. The van der Waals surface area contributed by atoms with Gasteiger partial charge in [-0.3, -0.25) is 4.84 Å². The summed E-state index contributed by atoms with van der Waals surface area (Å²) in [6.45, 7) is 1.64. The highest BCUT2D eigenvalue weighted by molar-refractivity contribution is 9.10. The number of rotatable bonds is 6. The minimum absolute atomic E-state index is 0.523. The quantitative estimate of drug-likeness (QED) is 0.616. The molecular weight excluding hydrogens is 238 g/mol. The fourth-order valence-electron chi connectivity index (χ4n) is 0.765. The van der Waals surface area contributed by atoms with Crippen LogP contribution in [0.2, 0.25) is 0 Å². The monoisotopic (exact) mass is 249 g/mol. The molecule has 0 aliphatic rings. The summed E-state index contributed by atoms with van der Waals surface area (Å²) in [6.07, 6.45) is 1.62. The number of hydrogen-bond acceptors (Lipinski definition) is 4. The summed E-state index contributed by atoms with van der Waals surface area (Å²) < 4.78 is 10.9. The van der Waals surface area contributed by atoms with Crippen molar-refractivity contribution in [2.45, 2.75) is 6.54 Å². The second-order valence-corrected chi connectivity index (χ2v) is 3.21. The first-order valence-corrected chi connectivity index (χ1v) is 4.69. The molecule has 0 spiro atoms. The molecule has 1 aromatic rings. The van der Waals surface area contributed by atoms with Crippen molar-refractivity contribution in [3.05, 3.63) is 22.6 Å². The van der Waals surface area contributed by atoms with E-state index in [0.717, 1.165) is 10.2 Å². The van der Waals surface area contributed by atoms with Gasteiger partial charge in [0.05, 0.1) is 30.5 Å². The standard InChI is InChI=1S/C8H12BrNO3/c1-11-4-5-13-10-6-8-7(9)2-3-12-8/h2-3,10H,4-6H2,1H3. The van der Waals surface area contributed by atoms with Crippen LogP contribution in [0.3, 0.4) is 0 Å². The van der Waals surface area contributed by atoms with Gasteiger partial charge >= 0.3 is 0 Å². The van der Waals surface area contributed by atoms with Gasteiger partial charge in [-0.2, -0.15) is 5.48 Å². The van der Waals surface area contributed by atoms with Crippen LogP contribution in [0.5, 0.6) is 0 Å². The molecule has 13 heavy (non-hydrogen) atoms. The zero-order valence-electron chi connectivity index (χ0n) is 7.38. The summed E-state index contributed by atoms with van der Waals surface area (Å²) in [6, 6.07) is 1.84. The SMILES string of the molecule is COCCONCc1occc1Br. The van der Waals surface area contributed by atoms with Gasteiger partial charge in [0.2, 0.25) is 0 Å². The average molecular weight is 250 g/mol. The number of nitrogens with one attached hydrogen (secondary N) is 1. The van der Waals surface area contributed by atoms with E-state index in [4.69, 9.17) is 14.0 Å². The van der Waals surface area contributed by atoms with Crippen molar-refractivity contribution in [3.63, 3.8) is 0 Å². The van der Waals surface area contributed by atoms with Gasteiger partial charge < -0.3 is 9.15 Å². The maximum Gasteiger partial charge on any atom is 0.134 e. The van der Waals surface area contributed by atoms with E-state index < -0.39 is 0 Å². The zero-order chi connectivity index (χ0) is 9.52. The minimum atomic E-state index is 0.523. The molecule has 0 radical (unpaired) electrons. The normalized spacial score (nSPS) is 10.6. The van der Waals surface area contributed by atoms with E-state index in [2.05, 4.69) is 21.4 Å². The van der Waals surface area contributed by atoms with E-state index in [9.17, 15) is 0 Å². The van der Waals surface area contributed by atoms with E-state index in [1.165, 1.54) is 0 Å². The molecule has 0 saturated carbocycles. The average Bonchev–Trinajstić information content (AvgIpc) is 2.52. The van der Waals surface area contributed by atoms with Gasteiger partial charge in [0.25, 0.3) is 0 Å². The van der Waals surface area contributed by atoms with Gasteiger partial charge in [-0.1, -0.05) is 0 Å². The van der Waals surface area contributed by atoms with Crippen LogP contribution in [0.1, 0.15) is 5.76 Å². The first-order chi connectivity index (χ1) is 6.34. The Bertz CT molecular complexity index is 239. The lowest BCUT2D eigenvalue weighted by Crippen LogP contribution is -2.16. The van der Waals surface area contributed by atoms with Crippen molar-refractivity contribution in [1.82, 2.24) is 5.48 Å². The smallest absolute Gasteiger partial charge is 0.134 e. The highest BCUT2D eigenvalue weighted by Crippen LogP contribution is 2.16. The summed E-state index contributed by atoms with van der Waals surface area (Å²) in [7, 11) is 1.63. The molecule has 1 N–H and O–H groups in total. The van der Waals surface area contributed by atoms with Crippen LogP contribution in [0.15, 0.2) is 21.2 Å². The van der Waals surface area contributed by atoms with Crippen LogP contribution in [0.25, 0.3) is 0 Å². The number of hydrogen-bond donors (Lipinski definition) is 1. The molecule has 0 fully saturated rings. The molecular formula is C8H12BrNO3. The predicted molar refractivity (Wildman–Crippen MR) is 51.1 cm³/mol. The second kappa shape index (κ2) is 6.15. The van der Waals surface area contributed by atoms with Crippen LogP contribution in [-0.4, -0.2) is 20.3 Å². The van der Waals surface area contributed by atoms with E-state index in [0.29, 0.717) is 19.8 Å². The van der Waals surface area contributed by atoms with E-state index in [1.807, 2.05) is 6.07 Å². The topological polar surface area (TPSA) is 43.6 Å². The van der Waals surface area contributed by atoms with Crippen molar-refractivity contribution < 1.29 is 14.0 Å². The lowest BCUT2D eigenvalue weighted by Gasteiger charge is -2.03. The Morgan fingerprint density at radius 3 is 3.00 bits per heavy atom. The van der Waals surface area contributed by atoms with Gasteiger partial charge in [-0.15, -0.1) is 0 Å². The lowest BCUT2D eigenvalue weighted by molar-refractivity contribution is 0.000929. The summed E-state index contributed by atoms with van der Waals surface area (Å²) in [5, 5.41) is 0. The van der Waals surface area contributed by atoms with Gasteiger partial charge in [0.1, 0.15) is 5.76 Å². The highest BCUT2D eigenvalue weighted by atomic mass is 79.9. The molecule has 0 atom stereocenters. The third-order valence-electron chi connectivity index (χ3n) is 1.42. The molecule has 0 bridgehead atoms. The van der Waals surface area contributed by atoms with E-state index in [1.54, 1.807) is 13.4 Å². The van der Waals surface area contributed by atoms with Crippen LogP contribution < -0.4 is 5.48 Å². The summed E-state index contributed by atoms with van der Waals surface area (Å²) in [5.74, 6) is 0.817. The lowest BCUT2D eigenvalue weighted by atomic mass is 10.5.